The van der Waals surface area contributed by atoms with Gasteiger partial charge in [-0.1, -0.05) is 0 Å². The van der Waals surface area contributed by atoms with Gasteiger partial charge in [0.15, 0.2) is 11.6 Å². The predicted octanol–water partition coefficient (Wildman–Crippen LogP) is 3.06. The third-order valence-electron chi connectivity index (χ3n) is 5.39. The lowest BCUT2D eigenvalue weighted by molar-refractivity contribution is -0.122. The average molecular weight is 400 g/mol. The number of methoxy groups -OCH3 is 1. The smallest absolute Gasteiger partial charge is 0.248 e. The van der Waals surface area contributed by atoms with Crippen molar-refractivity contribution >= 4 is 5.91 Å². The summed E-state index contributed by atoms with van der Waals surface area (Å²) in [6.07, 6.45) is 2.22. The van der Waals surface area contributed by atoms with E-state index in [0.717, 1.165) is 19.4 Å². The molecule has 0 unspecified atom stereocenters. The van der Waals surface area contributed by atoms with E-state index in [1.807, 2.05) is 0 Å². The first kappa shape index (κ1) is 20.8. The van der Waals surface area contributed by atoms with Crippen LogP contribution >= 0.6 is 0 Å². The molecule has 8 heteroatoms. The van der Waals surface area contributed by atoms with E-state index in [2.05, 4.69) is 10.6 Å². The molecule has 1 aliphatic carbocycles. The zero-order valence-corrected chi connectivity index (χ0v) is 16.0. The molecule has 0 radical (unpaired) electrons. The number of benzene rings is 1. The number of carbonyl (C=O) groups excluding carboxylic acids is 1. The van der Waals surface area contributed by atoms with E-state index >= 15 is 0 Å². The minimum absolute atomic E-state index is 0.00462. The van der Waals surface area contributed by atoms with E-state index < -0.39 is 11.7 Å². The summed E-state index contributed by atoms with van der Waals surface area (Å²) in [4.78, 5) is 12.0. The van der Waals surface area contributed by atoms with E-state index in [4.69, 9.17) is 9.47 Å². The second kappa shape index (κ2) is 9.03. The Bertz CT molecular complexity index is 694. The molecule has 0 aromatic heterocycles. The third-order valence-corrected chi connectivity index (χ3v) is 5.39. The Morgan fingerprint density at radius 2 is 2.14 bits per heavy atom. The van der Waals surface area contributed by atoms with Crippen molar-refractivity contribution in [3.63, 3.8) is 0 Å². The number of carbonyl (C=O) groups is 1. The molecule has 1 heterocycles. The largest absolute Gasteiger partial charge is 0.496 e. The summed E-state index contributed by atoms with van der Waals surface area (Å²) in [5.74, 6) is -3.10. The Balaban J connectivity index is 1.54. The summed E-state index contributed by atoms with van der Waals surface area (Å²) in [7, 11) is 1.47. The topological polar surface area (TPSA) is 59.6 Å². The van der Waals surface area contributed by atoms with Gasteiger partial charge in [0.25, 0.3) is 0 Å². The zero-order chi connectivity index (χ0) is 20.1. The molecule has 2 N–H and O–H groups in total. The highest BCUT2D eigenvalue weighted by Crippen LogP contribution is 2.39. The second-order valence-corrected chi connectivity index (χ2v) is 7.56. The summed E-state index contributed by atoms with van der Waals surface area (Å²) in [6, 6.07) is 2.60. The summed E-state index contributed by atoms with van der Waals surface area (Å²) in [5.41, 5.74) is 0.611. The van der Waals surface area contributed by atoms with Gasteiger partial charge in [0, 0.05) is 25.5 Å². The molecule has 0 spiro atoms. The standard InChI is InChI=1S/C20H27F3N2O3/c1-27-17-10-18(28-12-13-4-6-20(22,23)11-13)15(21)9-14(17)5-8-25-19(26)16-3-2-7-24-16/h9-10,13,16,24H,2-8,11-12H2,1H3,(H,25,26)/t13-,16-/m0/s1. The number of hydrogen-bond acceptors (Lipinski definition) is 4. The molecule has 156 valence electrons. The Labute approximate surface area is 163 Å². The third kappa shape index (κ3) is 5.31. The predicted molar refractivity (Wildman–Crippen MR) is 98.5 cm³/mol. The van der Waals surface area contributed by atoms with Crippen LogP contribution in [0.2, 0.25) is 0 Å². The Kier molecular flexibility index (Phi) is 6.69. The van der Waals surface area contributed by atoms with Crippen molar-refractivity contribution in [2.45, 2.75) is 50.5 Å². The second-order valence-electron chi connectivity index (χ2n) is 7.56. The van der Waals surface area contributed by atoms with Gasteiger partial charge in [0.1, 0.15) is 5.75 Å². The summed E-state index contributed by atoms with van der Waals surface area (Å²) in [5, 5.41) is 5.97. The Morgan fingerprint density at radius 1 is 1.32 bits per heavy atom. The molecule has 1 aliphatic heterocycles. The molecule has 1 aromatic rings. The van der Waals surface area contributed by atoms with Gasteiger partial charge in [-0.05, 0) is 49.8 Å². The highest BCUT2D eigenvalue weighted by atomic mass is 19.3. The lowest BCUT2D eigenvalue weighted by Gasteiger charge is -2.16. The SMILES string of the molecule is COc1cc(OC[C@H]2CCC(F)(F)C2)c(F)cc1CCNC(=O)[C@@H]1CCCN1. The van der Waals surface area contributed by atoms with E-state index in [1.165, 1.54) is 19.2 Å². The van der Waals surface area contributed by atoms with Crippen LogP contribution in [-0.4, -0.2) is 44.7 Å². The van der Waals surface area contributed by atoms with Crippen molar-refractivity contribution in [1.82, 2.24) is 10.6 Å². The van der Waals surface area contributed by atoms with Crippen molar-refractivity contribution < 1.29 is 27.4 Å². The molecule has 1 amide bonds. The summed E-state index contributed by atoms with van der Waals surface area (Å²) >= 11 is 0. The maximum Gasteiger partial charge on any atom is 0.248 e. The highest BCUT2D eigenvalue weighted by molar-refractivity contribution is 5.82. The first-order valence-corrected chi connectivity index (χ1v) is 9.76. The Hall–Kier alpha value is -1.96. The van der Waals surface area contributed by atoms with Crippen LogP contribution in [0, 0.1) is 11.7 Å². The van der Waals surface area contributed by atoms with E-state index in [-0.39, 0.29) is 43.1 Å². The van der Waals surface area contributed by atoms with E-state index in [0.29, 0.717) is 30.7 Å². The van der Waals surface area contributed by atoms with Gasteiger partial charge >= 0.3 is 0 Å². The van der Waals surface area contributed by atoms with Crippen molar-refractivity contribution in [2.24, 2.45) is 5.92 Å². The molecule has 1 aromatic carbocycles. The molecule has 2 atom stereocenters. The van der Waals surface area contributed by atoms with Crippen LogP contribution in [0.5, 0.6) is 11.5 Å². The molecule has 1 saturated heterocycles. The highest BCUT2D eigenvalue weighted by Gasteiger charge is 2.39. The quantitative estimate of drug-likeness (QED) is 0.704. The molecular weight excluding hydrogens is 373 g/mol. The summed E-state index contributed by atoms with van der Waals surface area (Å²) < 4.78 is 51.7. The summed E-state index contributed by atoms with van der Waals surface area (Å²) in [6.45, 7) is 1.26. The van der Waals surface area contributed by atoms with Crippen LogP contribution in [0.1, 0.15) is 37.7 Å². The first-order chi connectivity index (χ1) is 13.4. The van der Waals surface area contributed by atoms with Crippen LogP contribution in [0.25, 0.3) is 0 Å². The van der Waals surface area contributed by atoms with Gasteiger partial charge in [-0.25, -0.2) is 13.2 Å². The number of nitrogens with one attached hydrogen (secondary N) is 2. The molecule has 2 fully saturated rings. The zero-order valence-electron chi connectivity index (χ0n) is 16.0. The van der Waals surface area contributed by atoms with Gasteiger partial charge < -0.3 is 20.1 Å². The monoisotopic (exact) mass is 400 g/mol. The number of amides is 1. The molecule has 1 saturated carbocycles. The van der Waals surface area contributed by atoms with Gasteiger partial charge in [0.2, 0.25) is 11.8 Å². The molecule has 5 nitrogen and oxygen atoms in total. The van der Waals surface area contributed by atoms with Gasteiger partial charge in [-0.15, -0.1) is 0 Å². The molecule has 28 heavy (non-hydrogen) atoms. The number of alkyl halides is 2. The fraction of sp³-hybridized carbons (Fsp3) is 0.650. The molecule has 3 rings (SSSR count). The molecule has 0 bridgehead atoms. The van der Waals surface area contributed by atoms with Crippen molar-refractivity contribution in [2.75, 3.05) is 26.8 Å². The maximum atomic E-state index is 14.4. The van der Waals surface area contributed by atoms with Crippen LogP contribution in [0.3, 0.4) is 0 Å². The fourth-order valence-electron chi connectivity index (χ4n) is 3.82. The van der Waals surface area contributed by atoms with Crippen LogP contribution < -0.4 is 20.1 Å². The number of hydrogen-bond donors (Lipinski definition) is 2. The fourth-order valence-corrected chi connectivity index (χ4v) is 3.82. The van der Waals surface area contributed by atoms with Crippen LogP contribution in [0.15, 0.2) is 12.1 Å². The molecular formula is C20H27F3N2O3. The van der Waals surface area contributed by atoms with E-state index in [1.54, 1.807) is 0 Å². The van der Waals surface area contributed by atoms with Crippen LogP contribution in [0.4, 0.5) is 13.2 Å². The molecule has 2 aliphatic rings. The van der Waals surface area contributed by atoms with Gasteiger partial charge in [-0.3, -0.25) is 4.79 Å². The lowest BCUT2D eigenvalue weighted by atomic mass is 10.1. The van der Waals surface area contributed by atoms with Gasteiger partial charge in [-0.2, -0.15) is 0 Å². The van der Waals surface area contributed by atoms with E-state index in [9.17, 15) is 18.0 Å². The van der Waals surface area contributed by atoms with Crippen LogP contribution in [-0.2, 0) is 11.2 Å². The number of ether oxygens (including phenoxy) is 2. The Morgan fingerprint density at radius 3 is 2.79 bits per heavy atom. The first-order valence-electron chi connectivity index (χ1n) is 9.76. The van der Waals surface area contributed by atoms with Gasteiger partial charge in [0.05, 0.1) is 19.8 Å². The number of rotatable bonds is 8. The minimum Gasteiger partial charge on any atom is -0.496 e. The minimum atomic E-state index is -2.65. The number of halogens is 3. The van der Waals surface area contributed by atoms with Crippen molar-refractivity contribution in [3.8, 4) is 11.5 Å². The average Bonchev–Trinajstić information content (AvgIpc) is 3.30. The lowest BCUT2D eigenvalue weighted by Crippen LogP contribution is -2.41. The van der Waals surface area contributed by atoms with Crippen molar-refractivity contribution in [3.05, 3.63) is 23.5 Å². The van der Waals surface area contributed by atoms with Crippen molar-refractivity contribution in [1.29, 1.82) is 0 Å². The maximum absolute atomic E-state index is 14.4. The normalized spacial score (nSPS) is 23.6.